The number of hydrogen-bond acceptors (Lipinski definition) is 3. The monoisotopic (exact) mass is 276 g/mol. The predicted octanol–water partition coefficient (Wildman–Crippen LogP) is 3.88. The molecule has 2 rings (SSSR count). The summed E-state index contributed by atoms with van der Waals surface area (Å²) in [5.41, 5.74) is 3.10. The summed E-state index contributed by atoms with van der Waals surface area (Å²) in [4.78, 5) is 4.28. The highest BCUT2D eigenvalue weighted by atomic mass is 35.5. The molecule has 0 bridgehead atoms. The van der Waals surface area contributed by atoms with Crippen LogP contribution in [0, 0.1) is 0 Å². The molecule has 0 aliphatic rings. The van der Waals surface area contributed by atoms with Crippen LogP contribution in [0.2, 0.25) is 5.02 Å². The first kappa shape index (κ1) is 13.8. The smallest absolute Gasteiger partial charge is 0.0893 e. The Kier molecular flexibility index (Phi) is 5.19. The number of aromatic nitrogens is 1. The first-order chi connectivity index (χ1) is 9.28. The quantitative estimate of drug-likeness (QED) is 0.869. The molecule has 0 fully saturated rings. The minimum absolute atomic E-state index is 0.502. The maximum Gasteiger partial charge on any atom is 0.0893 e. The average Bonchev–Trinajstić information content (AvgIpc) is 2.42. The van der Waals surface area contributed by atoms with Crippen molar-refractivity contribution in [3.8, 4) is 0 Å². The third-order valence-electron chi connectivity index (χ3n) is 2.63. The Labute approximate surface area is 118 Å². The highest BCUT2D eigenvalue weighted by Crippen LogP contribution is 2.12. The molecule has 4 heteroatoms. The van der Waals surface area contributed by atoms with Crippen LogP contribution in [0.4, 0.5) is 5.69 Å². The molecule has 2 aromatic rings. The third kappa shape index (κ3) is 4.54. The molecule has 0 unspecified atom stereocenters. The maximum absolute atomic E-state index is 5.83. The molecule has 0 saturated heterocycles. The van der Waals surface area contributed by atoms with Gasteiger partial charge in [-0.3, -0.25) is 4.98 Å². The first-order valence-corrected chi connectivity index (χ1v) is 6.66. The molecule has 0 atom stereocenters. The molecule has 1 heterocycles. The molecule has 0 radical (unpaired) electrons. The van der Waals surface area contributed by atoms with Crippen molar-refractivity contribution in [3.63, 3.8) is 0 Å². The second-order valence-electron chi connectivity index (χ2n) is 4.19. The lowest BCUT2D eigenvalue weighted by Crippen LogP contribution is -2.00. The Hall–Kier alpha value is -1.58. The molecule has 0 aliphatic heterocycles. The van der Waals surface area contributed by atoms with Crippen molar-refractivity contribution < 1.29 is 4.74 Å². The van der Waals surface area contributed by atoms with Crippen molar-refractivity contribution in [3.05, 3.63) is 58.9 Å². The van der Waals surface area contributed by atoms with Gasteiger partial charge < -0.3 is 10.1 Å². The highest BCUT2D eigenvalue weighted by Gasteiger charge is 1.98. The predicted molar refractivity (Wildman–Crippen MR) is 78.3 cm³/mol. The van der Waals surface area contributed by atoms with Crippen LogP contribution in [-0.4, -0.2) is 11.5 Å². The Morgan fingerprint density at radius 3 is 2.68 bits per heavy atom. The maximum atomic E-state index is 5.83. The van der Waals surface area contributed by atoms with Crippen LogP contribution in [0.15, 0.2) is 42.6 Å². The molecule has 1 aromatic heterocycles. The van der Waals surface area contributed by atoms with Crippen LogP contribution >= 0.6 is 11.6 Å². The Morgan fingerprint density at radius 2 is 1.95 bits per heavy atom. The minimum Gasteiger partial charge on any atom is -0.385 e. The van der Waals surface area contributed by atoms with Crippen LogP contribution in [-0.2, 0) is 18.0 Å². The van der Waals surface area contributed by atoms with E-state index >= 15 is 0 Å². The van der Waals surface area contributed by atoms with E-state index in [1.165, 1.54) is 0 Å². The molecule has 0 saturated carbocycles. The third-order valence-corrected chi connectivity index (χ3v) is 2.88. The van der Waals surface area contributed by atoms with Crippen molar-refractivity contribution in [2.75, 3.05) is 11.9 Å². The Balaban J connectivity index is 1.85. The van der Waals surface area contributed by atoms with Crippen molar-refractivity contribution in [1.29, 1.82) is 0 Å². The molecule has 0 spiro atoms. The summed E-state index contributed by atoms with van der Waals surface area (Å²) in [5.74, 6) is 0. The van der Waals surface area contributed by atoms with E-state index < -0.39 is 0 Å². The number of pyridine rings is 1. The first-order valence-electron chi connectivity index (χ1n) is 6.29. The molecular weight excluding hydrogens is 260 g/mol. The number of rotatable bonds is 6. The fourth-order valence-corrected chi connectivity index (χ4v) is 1.85. The number of nitrogens with zero attached hydrogens (tertiary/aromatic N) is 1. The summed E-state index contributed by atoms with van der Waals surface area (Å²) in [5, 5.41) is 3.99. The van der Waals surface area contributed by atoms with E-state index in [1.807, 2.05) is 36.4 Å². The van der Waals surface area contributed by atoms with Crippen molar-refractivity contribution in [2.24, 2.45) is 0 Å². The van der Waals surface area contributed by atoms with E-state index in [1.54, 1.807) is 6.20 Å². The summed E-state index contributed by atoms with van der Waals surface area (Å²) in [7, 11) is 0. The minimum atomic E-state index is 0.502. The van der Waals surface area contributed by atoms with Gasteiger partial charge in [0, 0.05) is 23.5 Å². The van der Waals surface area contributed by atoms with Gasteiger partial charge in [0.2, 0.25) is 0 Å². The summed E-state index contributed by atoms with van der Waals surface area (Å²) < 4.78 is 5.65. The van der Waals surface area contributed by atoms with Gasteiger partial charge in [-0.15, -0.1) is 0 Å². The zero-order valence-electron chi connectivity index (χ0n) is 10.9. The standard InChI is InChI=1S/C15H17ClN2O/c1-2-17-14-7-8-18-15(9-14)11-19-10-12-3-5-13(16)6-4-12/h3-9H,2,10-11H2,1H3,(H,17,18). The van der Waals surface area contributed by atoms with Gasteiger partial charge in [-0.05, 0) is 36.8 Å². The second-order valence-corrected chi connectivity index (χ2v) is 4.62. The van der Waals surface area contributed by atoms with Gasteiger partial charge in [-0.2, -0.15) is 0 Å². The molecule has 1 N–H and O–H groups in total. The van der Waals surface area contributed by atoms with Gasteiger partial charge >= 0.3 is 0 Å². The van der Waals surface area contributed by atoms with Gasteiger partial charge in [-0.1, -0.05) is 23.7 Å². The van der Waals surface area contributed by atoms with Gasteiger partial charge in [0.1, 0.15) is 0 Å². The summed E-state index contributed by atoms with van der Waals surface area (Å²) >= 11 is 5.83. The number of benzene rings is 1. The molecule has 1 aromatic carbocycles. The number of hydrogen-bond donors (Lipinski definition) is 1. The van der Waals surface area contributed by atoms with E-state index in [9.17, 15) is 0 Å². The van der Waals surface area contributed by atoms with Crippen molar-refractivity contribution in [1.82, 2.24) is 4.98 Å². The number of nitrogens with one attached hydrogen (secondary N) is 1. The molecule has 3 nitrogen and oxygen atoms in total. The fraction of sp³-hybridized carbons (Fsp3) is 0.267. The van der Waals surface area contributed by atoms with Crippen LogP contribution in [0.3, 0.4) is 0 Å². The lowest BCUT2D eigenvalue weighted by molar-refractivity contribution is 0.104. The number of ether oxygens (including phenoxy) is 1. The molecule has 19 heavy (non-hydrogen) atoms. The summed E-state index contributed by atoms with van der Waals surface area (Å²) in [6, 6.07) is 11.6. The summed E-state index contributed by atoms with van der Waals surface area (Å²) in [6.45, 7) is 4.03. The van der Waals surface area contributed by atoms with E-state index in [4.69, 9.17) is 16.3 Å². The van der Waals surface area contributed by atoms with E-state index in [0.717, 1.165) is 28.5 Å². The highest BCUT2D eigenvalue weighted by molar-refractivity contribution is 6.30. The molecule has 0 amide bonds. The van der Waals surface area contributed by atoms with Gasteiger partial charge in [-0.25, -0.2) is 0 Å². The average molecular weight is 277 g/mol. The van der Waals surface area contributed by atoms with Crippen molar-refractivity contribution in [2.45, 2.75) is 20.1 Å². The van der Waals surface area contributed by atoms with Crippen LogP contribution in [0.1, 0.15) is 18.2 Å². The van der Waals surface area contributed by atoms with E-state index in [2.05, 4.69) is 17.2 Å². The zero-order chi connectivity index (χ0) is 13.5. The Bertz CT molecular complexity index is 514. The fourth-order valence-electron chi connectivity index (χ4n) is 1.73. The van der Waals surface area contributed by atoms with Crippen LogP contribution < -0.4 is 5.32 Å². The van der Waals surface area contributed by atoms with Crippen LogP contribution in [0.25, 0.3) is 0 Å². The van der Waals surface area contributed by atoms with Gasteiger partial charge in [0.05, 0.1) is 18.9 Å². The summed E-state index contributed by atoms with van der Waals surface area (Å²) in [6.07, 6.45) is 1.79. The van der Waals surface area contributed by atoms with Crippen molar-refractivity contribution >= 4 is 17.3 Å². The van der Waals surface area contributed by atoms with E-state index in [0.29, 0.717) is 13.2 Å². The Morgan fingerprint density at radius 1 is 1.16 bits per heavy atom. The number of halogens is 1. The van der Waals surface area contributed by atoms with Gasteiger partial charge in [0.15, 0.2) is 0 Å². The lowest BCUT2D eigenvalue weighted by atomic mass is 10.2. The molecule has 100 valence electrons. The lowest BCUT2D eigenvalue weighted by Gasteiger charge is -2.07. The number of anilines is 1. The van der Waals surface area contributed by atoms with E-state index in [-0.39, 0.29) is 0 Å². The molecular formula is C15H17ClN2O. The second kappa shape index (κ2) is 7.12. The van der Waals surface area contributed by atoms with Gasteiger partial charge in [0.25, 0.3) is 0 Å². The van der Waals surface area contributed by atoms with Crippen LogP contribution in [0.5, 0.6) is 0 Å². The topological polar surface area (TPSA) is 34.2 Å². The normalized spacial score (nSPS) is 10.4. The molecule has 0 aliphatic carbocycles. The SMILES string of the molecule is CCNc1ccnc(COCc2ccc(Cl)cc2)c1. The zero-order valence-corrected chi connectivity index (χ0v) is 11.7. The largest absolute Gasteiger partial charge is 0.385 e.